The zero-order chi connectivity index (χ0) is 20.8. The molecule has 2 aromatic heterocycles. The van der Waals surface area contributed by atoms with Crippen molar-refractivity contribution in [2.45, 2.75) is 43.9 Å². The van der Waals surface area contributed by atoms with Crippen LogP contribution in [0, 0.1) is 0 Å². The van der Waals surface area contributed by atoms with E-state index < -0.39 is 10.0 Å². The van der Waals surface area contributed by atoms with Crippen LogP contribution in [0.2, 0.25) is 0 Å². The van der Waals surface area contributed by atoms with E-state index in [4.69, 9.17) is 13.9 Å². The lowest BCUT2D eigenvalue weighted by atomic mass is 10.2. The first-order valence-corrected chi connectivity index (χ1v) is 12.2. The average molecular weight is 563 g/mol. The number of sulfonamides is 1. The fourth-order valence-electron chi connectivity index (χ4n) is 3.98. The van der Waals surface area contributed by atoms with Crippen molar-refractivity contribution in [3.63, 3.8) is 0 Å². The largest absolute Gasteiger partial charge is 0.469 e. The fraction of sp³-hybridized carbons (Fsp3) is 0.600. The van der Waals surface area contributed by atoms with Crippen LogP contribution in [0.25, 0.3) is 0 Å². The maximum absolute atomic E-state index is 12.7. The van der Waals surface area contributed by atoms with E-state index in [0.717, 1.165) is 31.0 Å². The van der Waals surface area contributed by atoms with Crippen LogP contribution in [-0.4, -0.2) is 67.5 Å². The monoisotopic (exact) mass is 563 g/mol. The maximum atomic E-state index is 12.7. The van der Waals surface area contributed by atoms with Crippen molar-refractivity contribution in [3.8, 4) is 0 Å². The van der Waals surface area contributed by atoms with Gasteiger partial charge in [0.15, 0.2) is 5.96 Å². The van der Waals surface area contributed by atoms with Gasteiger partial charge in [-0.15, -0.1) is 24.0 Å². The molecule has 31 heavy (non-hydrogen) atoms. The molecule has 1 N–H and O–H groups in total. The van der Waals surface area contributed by atoms with E-state index in [2.05, 4.69) is 15.4 Å². The number of hydrogen-bond donors (Lipinski definition) is 1. The number of furan rings is 1. The predicted molar refractivity (Wildman–Crippen MR) is 128 cm³/mol. The van der Waals surface area contributed by atoms with Crippen LogP contribution >= 0.6 is 24.0 Å². The Morgan fingerprint density at radius 1 is 1.16 bits per heavy atom. The van der Waals surface area contributed by atoms with Crippen LogP contribution in [-0.2, 0) is 22.2 Å². The molecule has 2 aromatic rings. The van der Waals surface area contributed by atoms with Crippen LogP contribution in [0.5, 0.6) is 0 Å². The number of rotatable bonds is 7. The minimum atomic E-state index is -3.41. The van der Waals surface area contributed by atoms with Gasteiger partial charge in [0.1, 0.15) is 17.8 Å². The molecule has 3 heterocycles. The van der Waals surface area contributed by atoms with E-state index in [-0.39, 0.29) is 29.7 Å². The van der Waals surface area contributed by atoms with Crippen molar-refractivity contribution in [3.05, 3.63) is 42.2 Å². The highest BCUT2D eigenvalue weighted by molar-refractivity contribution is 14.0. The molecule has 0 atom stereocenters. The summed E-state index contributed by atoms with van der Waals surface area (Å²) < 4.78 is 37.1. The Kier molecular flexibility index (Phi) is 8.78. The van der Waals surface area contributed by atoms with Crippen LogP contribution < -0.4 is 5.32 Å². The summed E-state index contributed by atoms with van der Waals surface area (Å²) in [5.74, 6) is 1.67. The zero-order valence-corrected chi connectivity index (χ0v) is 20.6. The Bertz CT molecular complexity index is 904. The number of hydrogen-bond acceptors (Lipinski definition) is 6. The van der Waals surface area contributed by atoms with Gasteiger partial charge in [-0.05, 0) is 25.0 Å². The highest BCUT2D eigenvalue weighted by Gasteiger charge is 2.30. The van der Waals surface area contributed by atoms with E-state index in [1.54, 1.807) is 12.3 Å². The maximum Gasteiger partial charge on any atom is 0.220 e. The molecular weight excluding hydrogens is 533 g/mol. The summed E-state index contributed by atoms with van der Waals surface area (Å²) in [5, 5.41) is 7.33. The van der Waals surface area contributed by atoms with Gasteiger partial charge in [-0.2, -0.15) is 4.31 Å². The minimum Gasteiger partial charge on any atom is -0.469 e. The number of nitrogens with one attached hydrogen (secondary N) is 1. The summed E-state index contributed by atoms with van der Waals surface area (Å²) in [7, 11) is -3.41. The molecule has 172 valence electrons. The Balaban J connectivity index is 0.00000272. The molecule has 2 aliphatic rings. The number of aromatic nitrogens is 1. The molecular formula is C20H30IN5O4S. The fourth-order valence-corrected chi connectivity index (χ4v) is 5.41. The number of halogens is 1. The van der Waals surface area contributed by atoms with Crippen molar-refractivity contribution >= 4 is 40.0 Å². The molecule has 0 radical (unpaired) electrons. The Morgan fingerprint density at radius 3 is 2.58 bits per heavy atom. The summed E-state index contributed by atoms with van der Waals surface area (Å²) in [5.41, 5.74) is 0.431. The van der Waals surface area contributed by atoms with Gasteiger partial charge in [0.25, 0.3) is 0 Å². The van der Waals surface area contributed by atoms with Gasteiger partial charge in [0.05, 0.1) is 12.0 Å². The topological polar surface area (TPSA) is 104 Å². The summed E-state index contributed by atoms with van der Waals surface area (Å²) in [6.45, 7) is 2.72. The second kappa shape index (κ2) is 11.3. The lowest BCUT2D eigenvalue weighted by molar-refractivity contribution is 0.257. The number of guanidine groups is 1. The molecule has 1 aliphatic heterocycles. The number of piperazine rings is 1. The molecule has 4 rings (SSSR count). The van der Waals surface area contributed by atoms with Crippen molar-refractivity contribution in [2.24, 2.45) is 4.99 Å². The third-order valence-corrected chi connectivity index (χ3v) is 7.45. The predicted octanol–water partition coefficient (Wildman–Crippen LogP) is 2.46. The highest BCUT2D eigenvalue weighted by Crippen LogP contribution is 2.19. The number of nitrogens with zero attached hydrogens (tertiary/aromatic N) is 4. The average Bonchev–Trinajstić information content (AvgIpc) is 3.51. The zero-order valence-electron chi connectivity index (χ0n) is 17.5. The Morgan fingerprint density at radius 2 is 1.94 bits per heavy atom. The van der Waals surface area contributed by atoms with Crippen molar-refractivity contribution < 1.29 is 17.4 Å². The standard InChI is InChI=1S/C20H29N5O4S.HI/c26-30(27,16-18-8-15-29-23-18)25-12-10-24(11-13-25)20(22-17-4-1-2-5-17)21-9-7-19-6-3-14-28-19;/h3,6,8,14-15,17H,1-2,4-5,7,9-13,16H2,(H,21,22);1H. The lowest BCUT2D eigenvalue weighted by Gasteiger charge is -2.36. The Hall–Kier alpha value is -1.60. The molecule has 0 unspecified atom stereocenters. The molecule has 1 saturated carbocycles. The molecule has 0 bridgehead atoms. The van der Waals surface area contributed by atoms with E-state index >= 15 is 0 Å². The third kappa shape index (κ3) is 6.69. The summed E-state index contributed by atoms with van der Waals surface area (Å²) in [6, 6.07) is 5.87. The number of aliphatic imine (C=N–C) groups is 1. The second-order valence-corrected chi connectivity index (χ2v) is 9.76. The quantitative estimate of drug-likeness (QED) is 0.314. The minimum absolute atomic E-state index is 0. The molecule has 0 spiro atoms. The molecule has 1 saturated heterocycles. The van der Waals surface area contributed by atoms with Crippen LogP contribution in [0.4, 0.5) is 0 Å². The van der Waals surface area contributed by atoms with Crippen molar-refractivity contribution in [1.82, 2.24) is 19.7 Å². The third-order valence-electron chi connectivity index (χ3n) is 5.64. The van der Waals surface area contributed by atoms with Gasteiger partial charge in [0.2, 0.25) is 10.0 Å². The van der Waals surface area contributed by atoms with E-state index in [1.165, 1.54) is 23.4 Å². The second-order valence-electron chi connectivity index (χ2n) is 7.79. The van der Waals surface area contributed by atoms with Crippen LogP contribution in [0.1, 0.15) is 37.1 Å². The first-order chi connectivity index (χ1) is 14.6. The first kappa shape index (κ1) is 24.1. The molecule has 2 fully saturated rings. The van der Waals surface area contributed by atoms with E-state index in [0.29, 0.717) is 44.5 Å². The molecule has 0 aromatic carbocycles. The SMILES string of the molecule is I.O=S(=O)(Cc1ccon1)N1CCN(C(=NCCc2ccco2)NC2CCCC2)CC1. The van der Waals surface area contributed by atoms with Gasteiger partial charge < -0.3 is 19.2 Å². The van der Waals surface area contributed by atoms with Gasteiger partial charge >= 0.3 is 0 Å². The van der Waals surface area contributed by atoms with Gasteiger partial charge in [-0.1, -0.05) is 18.0 Å². The molecule has 1 aliphatic carbocycles. The highest BCUT2D eigenvalue weighted by atomic mass is 127. The lowest BCUT2D eigenvalue weighted by Crippen LogP contribution is -2.55. The van der Waals surface area contributed by atoms with Crippen LogP contribution in [0.15, 0.2) is 44.7 Å². The Labute approximate surface area is 200 Å². The summed E-state index contributed by atoms with van der Waals surface area (Å²) in [6.07, 6.45) is 8.61. The molecule has 9 nitrogen and oxygen atoms in total. The first-order valence-electron chi connectivity index (χ1n) is 10.6. The normalized spacial score (nSPS) is 18.8. The van der Waals surface area contributed by atoms with E-state index in [1.807, 2.05) is 12.1 Å². The summed E-state index contributed by atoms with van der Waals surface area (Å²) >= 11 is 0. The van der Waals surface area contributed by atoms with Gasteiger partial charge in [-0.3, -0.25) is 4.99 Å². The smallest absolute Gasteiger partial charge is 0.220 e. The summed E-state index contributed by atoms with van der Waals surface area (Å²) in [4.78, 5) is 6.98. The van der Waals surface area contributed by atoms with Crippen molar-refractivity contribution in [2.75, 3.05) is 32.7 Å². The van der Waals surface area contributed by atoms with Gasteiger partial charge in [-0.25, -0.2) is 8.42 Å². The van der Waals surface area contributed by atoms with Crippen molar-refractivity contribution in [1.29, 1.82) is 0 Å². The molecule has 11 heteroatoms. The van der Waals surface area contributed by atoms with Gasteiger partial charge in [0, 0.05) is 51.3 Å². The van der Waals surface area contributed by atoms with E-state index in [9.17, 15) is 8.42 Å². The van der Waals surface area contributed by atoms with Crippen LogP contribution in [0.3, 0.4) is 0 Å². The molecule has 0 amide bonds.